The van der Waals surface area contributed by atoms with Crippen LogP contribution in [0, 0.1) is 17.2 Å². The summed E-state index contributed by atoms with van der Waals surface area (Å²) in [7, 11) is 0. The van der Waals surface area contributed by atoms with Crippen LogP contribution in [0.25, 0.3) is 5.70 Å². The van der Waals surface area contributed by atoms with Crippen molar-refractivity contribution >= 4 is 11.9 Å². The summed E-state index contributed by atoms with van der Waals surface area (Å²) in [6.07, 6.45) is 3.09. The molecule has 3 nitrogen and oxygen atoms in total. The van der Waals surface area contributed by atoms with Gasteiger partial charge in [0.2, 0.25) is 0 Å². The molecular formula is C13H11N3. The lowest BCUT2D eigenvalue weighted by atomic mass is 10.0. The van der Waals surface area contributed by atoms with E-state index >= 15 is 0 Å². The number of nitriles is 1. The summed E-state index contributed by atoms with van der Waals surface area (Å²) < 4.78 is 0. The van der Waals surface area contributed by atoms with E-state index in [4.69, 9.17) is 5.26 Å². The number of nitrogens with one attached hydrogen (secondary N) is 1. The van der Waals surface area contributed by atoms with Crippen LogP contribution < -0.4 is 5.32 Å². The number of hydrogen-bond acceptors (Lipinski definition) is 3. The van der Waals surface area contributed by atoms with Crippen molar-refractivity contribution in [2.45, 2.75) is 6.42 Å². The predicted molar refractivity (Wildman–Crippen MR) is 62.7 cm³/mol. The first-order valence-corrected chi connectivity index (χ1v) is 5.42. The summed E-state index contributed by atoms with van der Waals surface area (Å²) in [5.41, 5.74) is 3.76. The second-order valence-corrected chi connectivity index (χ2v) is 4.02. The van der Waals surface area contributed by atoms with E-state index in [1.807, 2.05) is 30.5 Å². The van der Waals surface area contributed by atoms with Gasteiger partial charge in [-0.2, -0.15) is 5.26 Å². The smallest absolute Gasteiger partial charge is 0.0998 e. The molecule has 2 aliphatic heterocycles. The molecule has 1 saturated heterocycles. The molecule has 2 aliphatic rings. The minimum atomic E-state index is 0.432. The van der Waals surface area contributed by atoms with Gasteiger partial charge in [-0.15, -0.1) is 0 Å². The molecule has 2 heterocycles. The molecule has 1 unspecified atom stereocenters. The zero-order valence-electron chi connectivity index (χ0n) is 8.77. The number of hydrogen-bond donors (Lipinski definition) is 1. The van der Waals surface area contributed by atoms with Crippen molar-refractivity contribution < 1.29 is 0 Å². The first-order valence-electron chi connectivity index (χ1n) is 5.42. The minimum Gasteiger partial charge on any atom is -0.386 e. The van der Waals surface area contributed by atoms with Gasteiger partial charge >= 0.3 is 0 Å². The number of fused-ring (bicyclic) bond motifs is 1. The third-order valence-electron chi connectivity index (χ3n) is 3.08. The van der Waals surface area contributed by atoms with Crippen LogP contribution in [0.3, 0.4) is 0 Å². The highest BCUT2D eigenvalue weighted by Gasteiger charge is 2.28. The van der Waals surface area contributed by atoms with Crippen LogP contribution in [0.2, 0.25) is 0 Å². The van der Waals surface area contributed by atoms with E-state index in [0.29, 0.717) is 11.5 Å². The van der Waals surface area contributed by atoms with Crippen molar-refractivity contribution in [1.82, 2.24) is 5.32 Å². The van der Waals surface area contributed by atoms with Gasteiger partial charge in [0.1, 0.15) is 0 Å². The van der Waals surface area contributed by atoms with Crippen LogP contribution in [0.5, 0.6) is 0 Å². The molecule has 1 fully saturated rings. The van der Waals surface area contributed by atoms with Crippen molar-refractivity contribution in [1.29, 1.82) is 5.26 Å². The summed E-state index contributed by atoms with van der Waals surface area (Å²) in [6, 6.07) is 9.84. The average molecular weight is 209 g/mol. The zero-order chi connectivity index (χ0) is 11.0. The normalized spacial score (nSPS) is 21.8. The highest BCUT2D eigenvalue weighted by molar-refractivity contribution is 5.87. The van der Waals surface area contributed by atoms with E-state index in [1.54, 1.807) is 0 Å². The molecule has 0 saturated carbocycles. The molecular weight excluding hydrogens is 198 g/mol. The third kappa shape index (κ3) is 1.24. The SMILES string of the molecule is N#Cc1ccccc1C1=C2NCCC2C=N1. The van der Waals surface area contributed by atoms with Crippen LogP contribution in [-0.4, -0.2) is 12.8 Å². The topological polar surface area (TPSA) is 48.2 Å². The van der Waals surface area contributed by atoms with E-state index < -0.39 is 0 Å². The number of benzene rings is 1. The minimum absolute atomic E-state index is 0.432. The van der Waals surface area contributed by atoms with Gasteiger partial charge in [-0.3, -0.25) is 4.99 Å². The molecule has 0 amide bonds. The van der Waals surface area contributed by atoms with E-state index in [2.05, 4.69) is 16.4 Å². The lowest BCUT2D eigenvalue weighted by molar-refractivity contribution is 0.855. The van der Waals surface area contributed by atoms with Crippen molar-refractivity contribution in [2.75, 3.05) is 6.54 Å². The van der Waals surface area contributed by atoms with Crippen LogP contribution >= 0.6 is 0 Å². The molecule has 3 rings (SSSR count). The number of nitrogens with zero attached hydrogens (tertiary/aromatic N) is 2. The molecule has 0 bridgehead atoms. The molecule has 1 atom stereocenters. The highest BCUT2D eigenvalue weighted by atomic mass is 15.0. The number of allylic oxidation sites excluding steroid dienone is 1. The second kappa shape index (κ2) is 3.49. The number of aliphatic imine (C=N–C) groups is 1. The molecule has 16 heavy (non-hydrogen) atoms. The van der Waals surface area contributed by atoms with Crippen LogP contribution in [0.1, 0.15) is 17.5 Å². The summed E-state index contributed by atoms with van der Waals surface area (Å²) in [5.74, 6) is 0.432. The van der Waals surface area contributed by atoms with Gasteiger partial charge in [0.05, 0.1) is 17.3 Å². The summed E-state index contributed by atoms with van der Waals surface area (Å²) in [4.78, 5) is 4.44. The maximum Gasteiger partial charge on any atom is 0.0998 e. The number of rotatable bonds is 1. The molecule has 1 aromatic rings. The molecule has 0 radical (unpaired) electrons. The lowest BCUT2D eigenvalue weighted by Gasteiger charge is -2.06. The average Bonchev–Trinajstić information content (AvgIpc) is 2.91. The first-order chi connectivity index (χ1) is 7.90. The second-order valence-electron chi connectivity index (χ2n) is 4.02. The van der Waals surface area contributed by atoms with Gasteiger partial charge in [-0.1, -0.05) is 18.2 Å². The quantitative estimate of drug-likeness (QED) is 0.768. The third-order valence-corrected chi connectivity index (χ3v) is 3.08. The Morgan fingerprint density at radius 2 is 2.25 bits per heavy atom. The van der Waals surface area contributed by atoms with E-state index in [0.717, 1.165) is 24.2 Å². The fourth-order valence-electron chi connectivity index (χ4n) is 2.28. The monoisotopic (exact) mass is 209 g/mol. The van der Waals surface area contributed by atoms with Crippen LogP contribution in [-0.2, 0) is 0 Å². The van der Waals surface area contributed by atoms with Crippen molar-refractivity contribution in [3.05, 3.63) is 41.1 Å². The van der Waals surface area contributed by atoms with E-state index in [-0.39, 0.29) is 0 Å². The fourth-order valence-corrected chi connectivity index (χ4v) is 2.28. The largest absolute Gasteiger partial charge is 0.386 e. The predicted octanol–water partition coefficient (Wildman–Crippen LogP) is 1.92. The van der Waals surface area contributed by atoms with Crippen molar-refractivity contribution in [3.63, 3.8) is 0 Å². The van der Waals surface area contributed by atoms with Crippen LogP contribution in [0.15, 0.2) is 35.0 Å². The fraction of sp³-hybridized carbons (Fsp3) is 0.231. The molecule has 0 aliphatic carbocycles. The highest BCUT2D eigenvalue weighted by Crippen LogP contribution is 2.33. The van der Waals surface area contributed by atoms with Gasteiger partial charge in [-0.25, -0.2) is 0 Å². The molecule has 3 heteroatoms. The Morgan fingerprint density at radius 3 is 3.12 bits per heavy atom. The maximum absolute atomic E-state index is 9.07. The van der Waals surface area contributed by atoms with Gasteiger partial charge in [-0.05, 0) is 12.5 Å². The Labute approximate surface area is 94.1 Å². The lowest BCUT2D eigenvalue weighted by Crippen LogP contribution is -2.07. The Morgan fingerprint density at radius 1 is 1.38 bits per heavy atom. The standard InChI is InChI=1S/C13H11N3/c14-7-9-3-1-2-4-11(9)13-12-10(8-16-13)5-6-15-12/h1-4,8,10,15H,5-6H2. The van der Waals surface area contributed by atoms with Gasteiger partial charge in [0.25, 0.3) is 0 Å². The molecule has 1 aromatic carbocycles. The Kier molecular flexibility index (Phi) is 2.00. The molecule has 0 aromatic heterocycles. The summed E-state index contributed by atoms with van der Waals surface area (Å²) in [5, 5.41) is 12.4. The van der Waals surface area contributed by atoms with Gasteiger partial charge in [0, 0.05) is 29.9 Å². The Hall–Kier alpha value is -2.08. The maximum atomic E-state index is 9.07. The van der Waals surface area contributed by atoms with Crippen molar-refractivity contribution in [2.24, 2.45) is 10.9 Å². The van der Waals surface area contributed by atoms with E-state index in [9.17, 15) is 0 Å². The molecule has 0 spiro atoms. The van der Waals surface area contributed by atoms with Crippen LogP contribution in [0.4, 0.5) is 0 Å². The summed E-state index contributed by atoms with van der Waals surface area (Å²) in [6.45, 7) is 1.00. The Bertz CT molecular complexity index is 534. The molecule has 1 N–H and O–H groups in total. The molecule has 78 valence electrons. The summed E-state index contributed by atoms with van der Waals surface area (Å²) >= 11 is 0. The van der Waals surface area contributed by atoms with Gasteiger partial charge in [0.15, 0.2) is 0 Å². The first kappa shape index (κ1) is 9.17. The van der Waals surface area contributed by atoms with E-state index in [1.165, 1.54) is 5.70 Å². The van der Waals surface area contributed by atoms with Gasteiger partial charge < -0.3 is 5.32 Å². The zero-order valence-corrected chi connectivity index (χ0v) is 8.77. The van der Waals surface area contributed by atoms with Crippen molar-refractivity contribution in [3.8, 4) is 6.07 Å². The Balaban J connectivity index is 2.15.